The summed E-state index contributed by atoms with van der Waals surface area (Å²) in [5, 5.41) is 0. The predicted molar refractivity (Wildman–Crippen MR) is 59.1 cm³/mol. The van der Waals surface area contributed by atoms with Crippen LogP contribution in [0.25, 0.3) is 0 Å². The fourth-order valence-corrected chi connectivity index (χ4v) is 0.996. The molecule has 0 radical (unpaired) electrons. The first-order valence-electron chi connectivity index (χ1n) is 5.13. The molecule has 0 atom stereocenters. The second-order valence-corrected chi connectivity index (χ2v) is 2.93. The van der Waals surface area contributed by atoms with Crippen molar-refractivity contribution in [2.45, 2.75) is 38.5 Å². The Hall–Kier alpha value is -0.160. The van der Waals surface area contributed by atoms with E-state index in [4.69, 9.17) is 11.5 Å². The van der Waals surface area contributed by atoms with E-state index in [1.165, 1.54) is 38.5 Å². The SMILES string of the molecule is NCCCCCCCCN.NCN. The van der Waals surface area contributed by atoms with E-state index in [-0.39, 0.29) is 6.67 Å². The van der Waals surface area contributed by atoms with Crippen LogP contribution in [0.2, 0.25) is 0 Å². The average molecular weight is 190 g/mol. The molecule has 4 heteroatoms. The first-order valence-corrected chi connectivity index (χ1v) is 5.13. The zero-order chi connectivity index (χ0) is 10.4. The minimum Gasteiger partial charge on any atom is -0.330 e. The molecule has 0 fully saturated rings. The molecule has 0 amide bonds. The van der Waals surface area contributed by atoms with E-state index < -0.39 is 0 Å². The summed E-state index contributed by atoms with van der Waals surface area (Å²) in [5.74, 6) is 0. The van der Waals surface area contributed by atoms with Crippen molar-refractivity contribution in [1.82, 2.24) is 0 Å². The van der Waals surface area contributed by atoms with Gasteiger partial charge in [0.15, 0.2) is 0 Å². The van der Waals surface area contributed by atoms with Gasteiger partial charge in [-0.1, -0.05) is 25.7 Å². The molecule has 8 N–H and O–H groups in total. The predicted octanol–water partition coefficient (Wildman–Crippen LogP) is 0.106. The highest BCUT2D eigenvalue weighted by Gasteiger charge is 1.87. The third-order valence-corrected chi connectivity index (χ3v) is 1.66. The van der Waals surface area contributed by atoms with Gasteiger partial charge < -0.3 is 22.9 Å². The molecule has 82 valence electrons. The summed E-state index contributed by atoms with van der Waals surface area (Å²) in [4.78, 5) is 0. The Bertz CT molecular complexity index is 60.6. The number of unbranched alkanes of at least 4 members (excludes halogenated alkanes) is 5. The number of nitrogens with two attached hydrogens (primary N) is 4. The Morgan fingerprint density at radius 3 is 0.923 bits per heavy atom. The molecule has 0 aliphatic rings. The quantitative estimate of drug-likeness (QED) is 0.338. The maximum Gasteiger partial charge on any atom is 0.0403 e. The molecule has 0 spiro atoms. The standard InChI is InChI=1S/C8H20N2.CH6N2/c9-7-5-3-1-2-4-6-8-10;2-1-3/h1-10H2;1-3H2. The Balaban J connectivity index is 0. The Morgan fingerprint density at radius 1 is 0.462 bits per heavy atom. The number of rotatable bonds is 7. The smallest absolute Gasteiger partial charge is 0.0403 e. The van der Waals surface area contributed by atoms with Crippen LogP contribution in [0.4, 0.5) is 0 Å². The molecular formula is C9H26N4. The summed E-state index contributed by atoms with van der Waals surface area (Å²) in [5.41, 5.74) is 19.9. The van der Waals surface area contributed by atoms with E-state index in [2.05, 4.69) is 11.5 Å². The summed E-state index contributed by atoms with van der Waals surface area (Å²) in [6, 6.07) is 0. The molecule has 13 heavy (non-hydrogen) atoms. The maximum absolute atomic E-state index is 5.35. The summed E-state index contributed by atoms with van der Waals surface area (Å²) >= 11 is 0. The fraction of sp³-hybridized carbons (Fsp3) is 1.00. The Morgan fingerprint density at radius 2 is 0.692 bits per heavy atom. The van der Waals surface area contributed by atoms with E-state index in [0.717, 1.165) is 13.1 Å². The molecule has 0 saturated heterocycles. The van der Waals surface area contributed by atoms with Crippen LogP contribution >= 0.6 is 0 Å². The summed E-state index contributed by atoms with van der Waals surface area (Å²) in [7, 11) is 0. The molecule has 0 rings (SSSR count). The highest BCUT2D eigenvalue weighted by atomic mass is 14.7. The molecule has 0 aromatic heterocycles. The van der Waals surface area contributed by atoms with Crippen LogP contribution in [0.5, 0.6) is 0 Å². The van der Waals surface area contributed by atoms with E-state index in [1.54, 1.807) is 0 Å². The first-order chi connectivity index (χ1) is 6.33. The lowest BCUT2D eigenvalue weighted by Gasteiger charge is -1.97. The first kappa shape index (κ1) is 15.3. The van der Waals surface area contributed by atoms with E-state index in [9.17, 15) is 0 Å². The van der Waals surface area contributed by atoms with Gasteiger partial charge >= 0.3 is 0 Å². The van der Waals surface area contributed by atoms with Crippen LogP contribution in [-0.2, 0) is 0 Å². The lowest BCUT2D eigenvalue weighted by Crippen LogP contribution is -2.08. The van der Waals surface area contributed by atoms with Crippen LogP contribution in [0.15, 0.2) is 0 Å². The van der Waals surface area contributed by atoms with Crippen LogP contribution in [-0.4, -0.2) is 19.8 Å². The highest BCUT2D eigenvalue weighted by molar-refractivity contribution is 4.45. The maximum atomic E-state index is 5.35. The minimum atomic E-state index is 0.250. The Labute approximate surface area is 82.0 Å². The van der Waals surface area contributed by atoms with Gasteiger partial charge in [0, 0.05) is 6.67 Å². The fourth-order valence-electron chi connectivity index (χ4n) is 0.996. The molecule has 0 saturated carbocycles. The third-order valence-electron chi connectivity index (χ3n) is 1.66. The molecule has 4 nitrogen and oxygen atoms in total. The monoisotopic (exact) mass is 190 g/mol. The van der Waals surface area contributed by atoms with E-state index >= 15 is 0 Å². The normalized spacial score (nSPS) is 9.23. The van der Waals surface area contributed by atoms with E-state index in [1.807, 2.05) is 0 Å². The van der Waals surface area contributed by atoms with Crippen LogP contribution in [0, 0.1) is 0 Å². The number of hydrogen-bond acceptors (Lipinski definition) is 4. The topological polar surface area (TPSA) is 104 Å². The van der Waals surface area contributed by atoms with Crippen LogP contribution < -0.4 is 22.9 Å². The van der Waals surface area contributed by atoms with Gasteiger partial charge in [0.25, 0.3) is 0 Å². The van der Waals surface area contributed by atoms with Gasteiger partial charge in [0.1, 0.15) is 0 Å². The zero-order valence-corrected chi connectivity index (χ0v) is 8.67. The average Bonchev–Trinajstić information content (AvgIpc) is 2.13. The van der Waals surface area contributed by atoms with Crippen molar-refractivity contribution in [1.29, 1.82) is 0 Å². The van der Waals surface area contributed by atoms with Crippen LogP contribution in [0.1, 0.15) is 38.5 Å². The summed E-state index contributed by atoms with van der Waals surface area (Å²) < 4.78 is 0. The molecule has 0 aromatic carbocycles. The second kappa shape index (κ2) is 17.8. The van der Waals surface area contributed by atoms with E-state index in [0.29, 0.717) is 0 Å². The van der Waals surface area contributed by atoms with Crippen molar-refractivity contribution in [2.75, 3.05) is 19.8 Å². The Kier molecular flexibility index (Phi) is 21.0. The zero-order valence-electron chi connectivity index (χ0n) is 8.67. The summed E-state index contributed by atoms with van der Waals surface area (Å²) in [6.07, 6.45) is 7.61. The van der Waals surface area contributed by atoms with Gasteiger partial charge in [-0.05, 0) is 25.9 Å². The molecule has 0 aliphatic heterocycles. The minimum absolute atomic E-state index is 0.250. The molecular weight excluding hydrogens is 164 g/mol. The molecule has 0 aromatic rings. The lowest BCUT2D eigenvalue weighted by molar-refractivity contribution is 0.601. The molecule has 0 bridgehead atoms. The summed E-state index contributed by atoms with van der Waals surface area (Å²) in [6.45, 7) is 1.94. The van der Waals surface area contributed by atoms with Crippen molar-refractivity contribution in [3.63, 3.8) is 0 Å². The van der Waals surface area contributed by atoms with Crippen molar-refractivity contribution >= 4 is 0 Å². The lowest BCUT2D eigenvalue weighted by atomic mass is 10.1. The molecule has 0 unspecified atom stereocenters. The highest BCUT2D eigenvalue weighted by Crippen LogP contribution is 2.03. The second-order valence-electron chi connectivity index (χ2n) is 2.93. The van der Waals surface area contributed by atoms with Gasteiger partial charge in [0.05, 0.1) is 0 Å². The van der Waals surface area contributed by atoms with Gasteiger partial charge in [-0.2, -0.15) is 0 Å². The van der Waals surface area contributed by atoms with Crippen molar-refractivity contribution in [3.05, 3.63) is 0 Å². The molecule has 0 aliphatic carbocycles. The van der Waals surface area contributed by atoms with Gasteiger partial charge in [0.2, 0.25) is 0 Å². The van der Waals surface area contributed by atoms with Crippen molar-refractivity contribution < 1.29 is 0 Å². The van der Waals surface area contributed by atoms with Crippen molar-refractivity contribution in [2.24, 2.45) is 22.9 Å². The van der Waals surface area contributed by atoms with Gasteiger partial charge in [-0.25, -0.2) is 0 Å². The molecule has 0 heterocycles. The van der Waals surface area contributed by atoms with Gasteiger partial charge in [-0.15, -0.1) is 0 Å². The van der Waals surface area contributed by atoms with Gasteiger partial charge in [-0.3, -0.25) is 0 Å². The third kappa shape index (κ3) is 24.5. The number of hydrogen-bond donors (Lipinski definition) is 4. The largest absolute Gasteiger partial charge is 0.330 e. The van der Waals surface area contributed by atoms with Crippen LogP contribution in [0.3, 0.4) is 0 Å². The van der Waals surface area contributed by atoms with Crippen molar-refractivity contribution in [3.8, 4) is 0 Å².